The van der Waals surface area contributed by atoms with Crippen molar-refractivity contribution in [2.24, 2.45) is 0 Å². The molecule has 0 radical (unpaired) electrons. The largest absolute Gasteiger partial charge is 0.350 e. The highest BCUT2D eigenvalue weighted by Gasteiger charge is 2.05. The molecule has 0 atom stereocenters. The predicted octanol–water partition coefficient (Wildman–Crippen LogP) is 5.24. The van der Waals surface area contributed by atoms with Gasteiger partial charge in [-0.1, -0.05) is 41.4 Å². The molecule has 128 valence electrons. The fourth-order valence-electron chi connectivity index (χ4n) is 2.44. The molecule has 25 heavy (non-hydrogen) atoms. The first-order chi connectivity index (χ1) is 12.0. The highest BCUT2D eigenvalue weighted by molar-refractivity contribution is 6.31. The van der Waals surface area contributed by atoms with E-state index in [9.17, 15) is 4.39 Å². The van der Waals surface area contributed by atoms with Crippen LogP contribution in [-0.2, 0) is 6.54 Å². The summed E-state index contributed by atoms with van der Waals surface area (Å²) in [5, 5.41) is 6.41. The maximum Gasteiger partial charge on any atom is 0.225 e. The molecule has 0 fully saturated rings. The van der Waals surface area contributed by atoms with Gasteiger partial charge in [0.25, 0.3) is 0 Å². The van der Waals surface area contributed by atoms with Crippen molar-refractivity contribution in [2.75, 3.05) is 10.6 Å². The second-order valence-corrected chi connectivity index (χ2v) is 6.22. The minimum Gasteiger partial charge on any atom is -0.350 e. The van der Waals surface area contributed by atoms with Crippen LogP contribution in [0.4, 0.5) is 21.8 Å². The first-order valence-electron chi connectivity index (χ1n) is 7.87. The van der Waals surface area contributed by atoms with Gasteiger partial charge in [0.2, 0.25) is 5.95 Å². The van der Waals surface area contributed by atoms with Gasteiger partial charge in [-0.05, 0) is 37.6 Å². The first kappa shape index (κ1) is 17.2. The Kier molecular flexibility index (Phi) is 5.14. The molecular formula is C19H18ClFN4. The molecule has 1 heterocycles. The summed E-state index contributed by atoms with van der Waals surface area (Å²) in [5.74, 6) is 0.686. The maximum atomic E-state index is 13.3. The normalized spacial score (nSPS) is 10.6. The Morgan fingerprint density at radius 2 is 1.88 bits per heavy atom. The van der Waals surface area contributed by atoms with Gasteiger partial charge < -0.3 is 10.6 Å². The third-order valence-corrected chi connectivity index (χ3v) is 3.87. The molecule has 0 saturated heterocycles. The molecule has 4 nitrogen and oxygen atoms in total. The van der Waals surface area contributed by atoms with Crippen LogP contribution in [0.5, 0.6) is 0 Å². The number of aryl methyl sites for hydroxylation is 2. The Labute approximate surface area is 151 Å². The van der Waals surface area contributed by atoms with E-state index in [4.69, 9.17) is 11.6 Å². The summed E-state index contributed by atoms with van der Waals surface area (Å²) in [6, 6.07) is 14.5. The molecule has 3 rings (SSSR count). The van der Waals surface area contributed by atoms with Crippen molar-refractivity contribution in [1.29, 1.82) is 0 Å². The Hall–Kier alpha value is -2.66. The van der Waals surface area contributed by atoms with Gasteiger partial charge >= 0.3 is 0 Å². The topological polar surface area (TPSA) is 49.8 Å². The van der Waals surface area contributed by atoms with Crippen molar-refractivity contribution in [1.82, 2.24) is 9.97 Å². The van der Waals surface area contributed by atoms with Crippen LogP contribution in [0.3, 0.4) is 0 Å². The lowest BCUT2D eigenvalue weighted by atomic mass is 10.1. The van der Waals surface area contributed by atoms with Crippen LogP contribution >= 0.6 is 11.6 Å². The van der Waals surface area contributed by atoms with E-state index in [2.05, 4.69) is 45.7 Å². The summed E-state index contributed by atoms with van der Waals surface area (Å²) >= 11 is 5.81. The number of benzene rings is 2. The molecule has 0 aliphatic carbocycles. The van der Waals surface area contributed by atoms with E-state index < -0.39 is 5.82 Å². The average molecular weight is 357 g/mol. The molecule has 0 amide bonds. The number of halogens is 2. The van der Waals surface area contributed by atoms with Crippen LogP contribution < -0.4 is 10.6 Å². The maximum absolute atomic E-state index is 13.3. The van der Waals surface area contributed by atoms with Gasteiger partial charge in [0.15, 0.2) is 0 Å². The lowest BCUT2D eigenvalue weighted by molar-refractivity contribution is 0.628. The zero-order valence-corrected chi connectivity index (χ0v) is 14.7. The summed E-state index contributed by atoms with van der Waals surface area (Å²) in [5.41, 5.74) is 3.84. The number of hydrogen-bond acceptors (Lipinski definition) is 4. The summed E-state index contributed by atoms with van der Waals surface area (Å²) in [6.45, 7) is 4.58. The van der Waals surface area contributed by atoms with E-state index >= 15 is 0 Å². The zero-order valence-electron chi connectivity index (χ0n) is 14.0. The van der Waals surface area contributed by atoms with E-state index in [0.717, 1.165) is 11.3 Å². The Bertz CT molecular complexity index is 898. The van der Waals surface area contributed by atoms with E-state index in [0.29, 0.717) is 24.0 Å². The number of hydrogen-bond donors (Lipinski definition) is 2. The molecule has 0 bridgehead atoms. The van der Waals surface area contributed by atoms with Crippen LogP contribution in [-0.4, -0.2) is 9.97 Å². The second-order valence-electron chi connectivity index (χ2n) is 5.81. The summed E-state index contributed by atoms with van der Waals surface area (Å²) in [6.07, 6.45) is 0. The van der Waals surface area contributed by atoms with E-state index in [-0.39, 0.29) is 5.02 Å². The summed E-state index contributed by atoms with van der Waals surface area (Å²) in [4.78, 5) is 8.84. The number of nitrogens with one attached hydrogen (secondary N) is 2. The fourth-order valence-corrected chi connectivity index (χ4v) is 2.62. The van der Waals surface area contributed by atoms with Gasteiger partial charge in [0.05, 0.1) is 5.02 Å². The molecule has 2 N–H and O–H groups in total. The molecule has 2 aromatic carbocycles. The molecule has 3 aromatic rings. The van der Waals surface area contributed by atoms with Crippen LogP contribution in [0.2, 0.25) is 5.02 Å². The minimum absolute atomic E-state index is 0.0635. The molecule has 0 aliphatic heterocycles. The van der Waals surface area contributed by atoms with E-state index in [1.165, 1.54) is 17.7 Å². The monoisotopic (exact) mass is 356 g/mol. The second kappa shape index (κ2) is 7.49. The Morgan fingerprint density at radius 1 is 1.04 bits per heavy atom. The first-order valence-corrected chi connectivity index (χ1v) is 8.24. The average Bonchev–Trinajstić information content (AvgIpc) is 2.56. The minimum atomic E-state index is -0.452. The number of rotatable bonds is 5. The quantitative estimate of drug-likeness (QED) is 0.656. The lowest BCUT2D eigenvalue weighted by Gasteiger charge is -2.11. The van der Waals surface area contributed by atoms with Crippen molar-refractivity contribution in [3.05, 3.63) is 76.2 Å². The van der Waals surface area contributed by atoms with Crippen molar-refractivity contribution in [2.45, 2.75) is 20.4 Å². The smallest absolute Gasteiger partial charge is 0.225 e. The molecule has 0 spiro atoms. The zero-order chi connectivity index (χ0) is 17.8. The van der Waals surface area contributed by atoms with Gasteiger partial charge in [-0.25, -0.2) is 9.37 Å². The van der Waals surface area contributed by atoms with E-state index in [1.807, 2.05) is 19.1 Å². The van der Waals surface area contributed by atoms with Gasteiger partial charge in [0.1, 0.15) is 11.6 Å². The van der Waals surface area contributed by atoms with Crippen LogP contribution in [0.25, 0.3) is 0 Å². The van der Waals surface area contributed by atoms with Crippen molar-refractivity contribution in [3.63, 3.8) is 0 Å². The van der Waals surface area contributed by atoms with Crippen LogP contribution in [0, 0.1) is 19.7 Å². The molecular weight excluding hydrogens is 339 g/mol. The predicted molar refractivity (Wildman–Crippen MR) is 100.0 cm³/mol. The molecule has 6 heteroatoms. The van der Waals surface area contributed by atoms with Gasteiger partial charge in [-0.15, -0.1) is 0 Å². The Balaban J connectivity index is 1.74. The van der Waals surface area contributed by atoms with Crippen LogP contribution in [0.1, 0.15) is 16.8 Å². The summed E-state index contributed by atoms with van der Waals surface area (Å²) < 4.78 is 13.3. The van der Waals surface area contributed by atoms with Crippen molar-refractivity contribution in [3.8, 4) is 0 Å². The van der Waals surface area contributed by atoms with Crippen molar-refractivity contribution >= 4 is 29.1 Å². The molecule has 0 aliphatic rings. The molecule has 0 unspecified atom stereocenters. The highest BCUT2D eigenvalue weighted by atomic mass is 35.5. The van der Waals surface area contributed by atoms with Gasteiger partial charge in [-0.2, -0.15) is 4.98 Å². The fraction of sp³-hybridized carbons (Fsp3) is 0.158. The standard InChI is InChI=1S/C19H18ClFN4/c1-12-4-3-5-14(8-12)11-22-19-23-13(2)9-18(25-19)24-15-6-7-17(21)16(20)10-15/h3-10H,11H2,1-2H3,(H2,22,23,24,25). The highest BCUT2D eigenvalue weighted by Crippen LogP contribution is 2.22. The van der Waals surface area contributed by atoms with Gasteiger partial charge in [-0.3, -0.25) is 0 Å². The number of aromatic nitrogens is 2. The summed E-state index contributed by atoms with van der Waals surface area (Å²) in [7, 11) is 0. The third kappa shape index (κ3) is 4.67. The SMILES string of the molecule is Cc1cccc(CNc2nc(C)cc(Nc3ccc(F)c(Cl)c3)n2)c1. The lowest BCUT2D eigenvalue weighted by Crippen LogP contribution is -2.06. The third-order valence-electron chi connectivity index (χ3n) is 3.58. The van der Waals surface area contributed by atoms with E-state index in [1.54, 1.807) is 6.07 Å². The van der Waals surface area contributed by atoms with Gasteiger partial charge in [0, 0.05) is 24.0 Å². The number of nitrogens with zero attached hydrogens (tertiary/aromatic N) is 2. The van der Waals surface area contributed by atoms with Crippen LogP contribution in [0.15, 0.2) is 48.5 Å². The molecule has 0 saturated carbocycles. The Morgan fingerprint density at radius 3 is 2.64 bits per heavy atom. The molecule has 1 aromatic heterocycles. The number of anilines is 3. The van der Waals surface area contributed by atoms with Crippen molar-refractivity contribution < 1.29 is 4.39 Å².